The molecule has 0 aliphatic rings. The first-order chi connectivity index (χ1) is 9.29. The first-order valence-corrected chi connectivity index (χ1v) is 6.22. The van der Waals surface area contributed by atoms with Crippen molar-refractivity contribution in [2.45, 2.75) is 33.2 Å². The van der Waals surface area contributed by atoms with Crippen molar-refractivity contribution >= 4 is 11.6 Å². The molecule has 2 unspecified atom stereocenters. The fraction of sp³-hybridized carbons (Fsp3) is 0.462. The first kappa shape index (κ1) is 16.0. The van der Waals surface area contributed by atoms with Crippen LogP contribution in [0.15, 0.2) is 12.1 Å². The van der Waals surface area contributed by atoms with Crippen LogP contribution < -0.4 is 5.32 Å². The van der Waals surface area contributed by atoms with E-state index in [4.69, 9.17) is 0 Å². The monoisotopic (exact) mass is 286 g/mol. The van der Waals surface area contributed by atoms with E-state index in [1.54, 1.807) is 6.92 Å². The summed E-state index contributed by atoms with van der Waals surface area (Å²) in [4.78, 5) is 21.5. The Balaban J connectivity index is 3.10. The van der Waals surface area contributed by atoms with Gasteiger partial charge in [-0.2, -0.15) is 4.39 Å². The van der Waals surface area contributed by atoms with E-state index >= 15 is 0 Å². The molecule has 0 radical (unpaired) electrons. The maximum atomic E-state index is 13.8. The van der Waals surface area contributed by atoms with Gasteiger partial charge in [-0.1, -0.05) is 20.3 Å². The van der Waals surface area contributed by atoms with Gasteiger partial charge in [0.15, 0.2) is 0 Å². The quantitative estimate of drug-likeness (QED) is 0.668. The van der Waals surface area contributed by atoms with Crippen molar-refractivity contribution in [1.82, 2.24) is 5.32 Å². The molecular formula is C13H16F2N2O3. The molecule has 2 atom stereocenters. The van der Waals surface area contributed by atoms with Gasteiger partial charge in [0, 0.05) is 12.1 Å². The van der Waals surface area contributed by atoms with Gasteiger partial charge < -0.3 is 5.32 Å². The summed E-state index contributed by atoms with van der Waals surface area (Å²) < 4.78 is 27.4. The van der Waals surface area contributed by atoms with Crippen molar-refractivity contribution in [3.05, 3.63) is 39.4 Å². The van der Waals surface area contributed by atoms with Crippen LogP contribution >= 0.6 is 0 Å². The lowest BCUT2D eigenvalue weighted by Gasteiger charge is -2.20. The van der Waals surface area contributed by atoms with Gasteiger partial charge in [-0.05, 0) is 18.9 Å². The zero-order chi connectivity index (χ0) is 15.4. The molecule has 0 fully saturated rings. The number of nitrogens with zero attached hydrogens (tertiary/aromatic N) is 1. The normalized spacial score (nSPS) is 13.7. The highest BCUT2D eigenvalue weighted by Gasteiger charge is 2.27. The van der Waals surface area contributed by atoms with Crippen LogP contribution in [0, 0.1) is 27.7 Å². The van der Waals surface area contributed by atoms with Gasteiger partial charge in [0.1, 0.15) is 11.4 Å². The molecule has 0 spiro atoms. The second kappa shape index (κ2) is 6.40. The molecule has 0 bridgehead atoms. The third kappa shape index (κ3) is 3.28. The summed E-state index contributed by atoms with van der Waals surface area (Å²) in [6.45, 7) is 5.51. The molecule has 0 aromatic heterocycles. The number of nitro benzene ring substituents is 1. The topological polar surface area (TPSA) is 72.2 Å². The summed E-state index contributed by atoms with van der Waals surface area (Å²) in [5.74, 6) is -3.45. The van der Waals surface area contributed by atoms with Crippen LogP contribution in [0.5, 0.6) is 0 Å². The van der Waals surface area contributed by atoms with Crippen LogP contribution in [0.4, 0.5) is 14.5 Å². The molecular weight excluding hydrogens is 270 g/mol. The fourth-order valence-corrected chi connectivity index (χ4v) is 1.67. The number of nitrogens with one attached hydrogen (secondary N) is 1. The summed E-state index contributed by atoms with van der Waals surface area (Å²) in [5, 5.41) is 13.0. The average molecular weight is 286 g/mol. The highest BCUT2D eigenvalue weighted by atomic mass is 19.1. The lowest BCUT2D eigenvalue weighted by Crippen LogP contribution is -2.37. The van der Waals surface area contributed by atoms with Gasteiger partial charge >= 0.3 is 5.69 Å². The molecule has 5 nitrogen and oxygen atoms in total. The van der Waals surface area contributed by atoms with E-state index < -0.39 is 33.7 Å². The third-order valence-electron chi connectivity index (χ3n) is 3.35. The van der Waals surface area contributed by atoms with Crippen molar-refractivity contribution in [2.75, 3.05) is 0 Å². The molecule has 20 heavy (non-hydrogen) atoms. The molecule has 1 amide bonds. The molecule has 0 aliphatic heterocycles. The van der Waals surface area contributed by atoms with E-state index in [1.165, 1.54) is 0 Å². The molecule has 0 heterocycles. The molecule has 110 valence electrons. The summed E-state index contributed by atoms with van der Waals surface area (Å²) in [5.41, 5.74) is -1.85. The molecule has 1 aromatic carbocycles. The SMILES string of the molecule is CCC(C)C(C)NC(=O)c1c(F)ccc([N+](=O)[O-])c1F. The Morgan fingerprint density at radius 3 is 2.50 bits per heavy atom. The van der Waals surface area contributed by atoms with E-state index in [0.717, 1.165) is 6.42 Å². The maximum absolute atomic E-state index is 13.8. The lowest BCUT2D eigenvalue weighted by atomic mass is 10.0. The Hall–Kier alpha value is -2.05. The van der Waals surface area contributed by atoms with E-state index in [9.17, 15) is 23.7 Å². The van der Waals surface area contributed by atoms with Crippen molar-refractivity contribution in [1.29, 1.82) is 0 Å². The summed E-state index contributed by atoms with van der Waals surface area (Å²) >= 11 is 0. The first-order valence-electron chi connectivity index (χ1n) is 6.22. The summed E-state index contributed by atoms with van der Waals surface area (Å²) in [6.07, 6.45) is 0.779. The molecule has 0 aliphatic carbocycles. The van der Waals surface area contributed by atoms with Gasteiger partial charge in [0.05, 0.1) is 4.92 Å². The zero-order valence-electron chi connectivity index (χ0n) is 11.4. The van der Waals surface area contributed by atoms with Gasteiger partial charge in [-0.15, -0.1) is 0 Å². The number of halogens is 2. The molecule has 1 aromatic rings. The fourth-order valence-electron chi connectivity index (χ4n) is 1.67. The summed E-state index contributed by atoms with van der Waals surface area (Å²) in [7, 11) is 0. The minimum atomic E-state index is -1.45. The predicted molar refractivity (Wildman–Crippen MR) is 69.4 cm³/mol. The number of carbonyl (C=O) groups is 1. The van der Waals surface area contributed by atoms with Crippen LogP contribution in [0.3, 0.4) is 0 Å². The molecule has 1 rings (SSSR count). The van der Waals surface area contributed by atoms with E-state index in [-0.39, 0.29) is 12.0 Å². The second-order valence-electron chi connectivity index (χ2n) is 4.66. The van der Waals surface area contributed by atoms with Crippen molar-refractivity contribution in [3.8, 4) is 0 Å². The lowest BCUT2D eigenvalue weighted by molar-refractivity contribution is -0.387. The number of nitro groups is 1. The molecule has 1 N–H and O–H groups in total. The molecule has 0 saturated heterocycles. The number of carbonyl (C=O) groups excluding carboxylic acids is 1. The predicted octanol–water partition coefficient (Wildman–Crippen LogP) is 3.04. The van der Waals surface area contributed by atoms with Crippen molar-refractivity contribution < 1.29 is 18.5 Å². The van der Waals surface area contributed by atoms with Crippen LogP contribution in [0.1, 0.15) is 37.6 Å². The van der Waals surface area contributed by atoms with Crippen LogP contribution in [-0.2, 0) is 0 Å². The zero-order valence-corrected chi connectivity index (χ0v) is 11.4. The average Bonchev–Trinajstić information content (AvgIpc) is 2.37. The highest BCUT2D eigenvalue weighted by Crippen LogP contribution is 2.23. The summed E-state index contributed by atoms with van der Waals surface area (Å²) in [6, 6.07) is 1.11. The minimum Gasteiger partial charge on any atom is -0.349 e. The van der Waals surface area contributed by atoms with Crippen LogP contribution in [0.25, 0.3) is 0 Å². The van der Waals surface area contributed by atoms with Crippen molar-refractivity contribution in [3.63, 3.8) is 0 Å². The van der Waals surface area contributed by atoms with Crippen molar-refractivity contribution in [2.24, 2.45) is 5.92 Å². The smallest absolute Gasteiger partial charge is 0.305 e. The maximum Gasteiger partial charge on any atom is 0.305 e. The molecule has 7 heteroatoms. The Kier molecular flexibility index (Phi) is 5.12. The Labute approximate surface area is 115 Å². The van der Waals surface area contributed by atoms with Crippen LogP contribution in [-0.4, -0.2) is 16.9 Å². The number of hydrogen-bond acceptors (Lipinski definition) is 3. The van der Waals surface area contributed by atoms with E-state index in [2.05, 4.69) is 5.32 Å². The molecule has 0 saturated carbocycles. The number of rotatable bonds is 5. The van der Waals surface area contributed by atoms with Crippen LogP contribution in [0.2, 0.25) is 0 Å². The largest absolute Gasteiger partial charge is 0.349 e. The standard InChI is InChI=1S/C13H16F2N2O3/c1-4-7(2)8(3)16-13(18)11-9(14)5-6-10(12(11)15)17(19)20/h5-8H,4H2,1-3H3,(H,16,18). The minimum absolute atomic E-state index is 0.115. The highest BCUT2D eigenvalue weighted by molar-refractivity contribution is 5.95. The van der Waals surface area contributed by atoms with Gasteiger partial charge in [0.2, 0.25) is 5.82 Å². The Morgan fingerprint density at radius 2 is 2.00 bits per heavy atom. The Morgan fingerprint density at radius 1 is 1.40 bits per heavy atom. The van der Waals surface area contributed by atoms with E-state index in [1.807, 2.05) is 13.8 Å². The van der Waals surface area contributed by atoms with Gasteiger partial charge in [0.25, 0.3) is 5.91 Å². The van der Waals surface area contributed by atoms with E-state index in [0.29, 0.717) is 12.1 Å². The van der Waals surface area contributed by atoms with Gasteiger partial charge in [-0.25, -0.2) is 4.39 Å². The van der Waals surface area contributed by atoms with Gasteiger partial charge in [-0.3, -0.25) is 14.9 Å². The second-order valence-corrected chi connectivity index (χ2v) is 4.66. The number of benzene rings is 1. The third-order valence-corrected chi connectivity index (χ3v) is 3.35. The number of hydrogen-bond donors (Lipinski definition) is 1. The number of amides is 1. The Bertz CT molecular complexity index is 535.